The number of anilines is 1. The average molecular weight is 333 g/mol. The molecular weight excluding hydrogens is 306 g/mol. The summed E-state index contributed by atoms with van der Waals surface area (Å²) in [5.41, 5.74) is 0.905. The summed E-state index contributed by atoms with van der Waals surface area (Å²) in [6.07, 6.45) is 0.860. The highest BCUT2D eigenvalue weighted by molar-refractivity contribution is 5.75. The van der Waals surface area contributed by atoms with Gasteiger partial charge < -0.3 is 15.1 Å². The van der Waals surface area contributed by atoms with E-state index in [1.165, 1.54) is 0 Å². The first-order valence-electron chi connectivity index (χ1n) is 8.65. The van der Waals surface area contributed by atoms with Gasteiger partial charge in [-0.3, -0.25) is 9.78 Å². The maximum absolute atomic E-state index is 12.2. The molecule has 7 nitrogen and oxygen atoms in total. The number of carbonyl (C=O) groups is 1. The van der Waals surface area contributed by atoms with Crippen LogP contribution in [0.3, 0.4) is 0 Å². The van der Waals surface area contributed by atoms with Crippen LogP contribution in [0.25, 0.3) is 0 Å². The number of urea groups is 1. The van der Waals surface area contributed by atoms with E-state index < -0.39 is 0 Å². The van der Waals surface area contributed by atoms with E-state index in [2.05, 4.69) is 29.1 Å². The van der Waals surface area contributed by atoms with Gasteiger partial charge in [-0.05, 0) is 12.3 Å². The number of nitrogens with zero attached hydrogens (tertiary/aromatic N) is 3. The maximum Gasteiger partial charge on any atom is 0.317 e. The third-order valence-electron chi connectivity index (χ3n) is 4.68. The van der Waals surface area contributed by atoms with Crippen LogP contribution in [0.1, 0.15) is 45.7 Å². The van der Waals surface area contributed by atoms with Gasteiger partial charge in [-0.1, -0.05) is 27.7 Å². The Morgan fingerprint density at radius 1 is 1.42 bits per heavy atom. The molecule has 24 heavy (non-hydrogen) atoms. The molecule has 1 aromatic rings. The van der Waals surface area contributed by atoms with Crippen molar-refractivity contribution in [3.05, 3.63) is 22.1 Å². The minimum Gasteiger partial charge on any atom is -0.340 e. The van der Waals surface area contributed by atoms with Crippen molar-refractivity contribution in [2.45, 2.75) is 46.1 Å². The van der Waals surface area contributed by atoms with Crippen molar-refractivity contribution in [1.82, 2.24) is 20.2 Å². The van der Waals surface area contributed by atoms with Crippen molar-refractivity contribution in [3.63, 3.8) is 0 Å². The molecule has 1 atom stereocenters. The molecule has 3 heterocycles. The molecule has 2 N–H and O–H groups in total. The van der Waals surface area contributed by atoms with Gasteiger partial charge in [0.1, 0.15) is 0 Å². The monoisotopic (exact) mass is 333 g/mol. The van der Waals surface area contributed by atoms with Gasteiger partial charge in [-0.25, -0.2) is 9.78 Å². The maximum atomic E-state index is 12.2. The Labute approximate surface area is 142 Å². The number of aromatic amines is 1. The van der Waals surface area contributed by atoms with Crippen LogP contribution in [0.2, 0.25) is 0 Å². The van der Waals surface area contributed by atoms with Gasteiger partial charge in [-0.15, -0.1) is 0 Å². The lowest BCUT2D eigenvalue weighted by atomic mass is 9.85. The third kappa shape index (κ3) is 3.55. The lowest BCUT2D eigenvalue weighted by Crippen LogP contribution is -2.59. The molecule has 2 amide bonds. The predicted octanol–water partition coefficient (Wildman–Crippen LogP) is 1.52. The first-order chi connectivity index (χ1) is 11.2. The second-order valence-electron chi connectivity index (χ2n) is 8.05. The Morgan fingerprint density at radius 2 is 2.12 bits per heavy atom. The van der Waals surface area contributed by atoms with E-state index in [0.29, 0.717) is 12.5 Å². The van der Waals surface area contributed by atoms with Crippen LogP contribution < -0.4 is 15.8 Å². The third-order valence-corrected chi connectivity index (χ3v) is 4.68. The van der Waals surface area contributed by atoms with Gasteiger partial charge in [0, 0.05) is 43.7 Å². The number of likely N-dealkylation sites (tertiary alicyclic amines) is 1. The van der Waals surface area contributed by atoms with Crippen molar-refractivity contribution in [2.24, 2.45) is 5.41 Å². The first kappa shape index (κ1) is 16.8. The van der Waals surface area contributed by atoms with Crippen LogP contribution in [0.15, 0.2) is 10.9 Å². The molecule has 0 saturated carbocycles. The van der Waals surface area contributed by atoms with Crippen LogP contribution in [0, 0.1) is 5.41 Å². The second-order valence-corrected chi connectivity index (χ2v) is 8.05. The Kier molecular flexibility index (Phi) is 4.27. The summed E-state index contributed by atoms with van der Waals surface area (Å²) in [6, 6.07) is 1.66. The summed E-state index contributed by atoms with van der Waals surface area (Å²) in [6.45, 7) is 11.4. The number of hydrogen-bond acceptors (Lipinski definition) is 4. The largest absolute Gasteiger partial charge is 0.340 e. The van der Waals surface area contributed by atoms with Crippen LogP contribution in [0.5, 0.6) is 0 Å². The van der Waals surface area contributed by atoms with E-state index in [-0.39, 0.29) is 29.0 Å². The van der Waals surface area contributed by atoms with Crippen LogP contribution in [0.4, 0.5) is 10.7 Å². The number of rotatable bonds is 3. The molecule has 132 valence electrons. The number of amides is 2. The molecule has 2 fully saturated rings. The molecule has 2 aliphatic rings. The van der Waals surface area contributed by atoms with E-state index in [4.69, 9.17) is 0 Å². The minimum atomic E-state index is -0.126. The Balaban J connectivity index is 1.60. The molecular formula is C17H27N5O2. The van der Waals surface area contributed by atoms with Crippen molar-refractivity contribution in [3.8, 4) is 0 Å². The molecule has 0 aromatic carbocycles. The molecule has 2 saturated heterocycles. The molecule has 0 bridgehead atoms. The normalized spacial score (nSPS) is 22.6. The second kappa shape index (κ2) is 6.11. The summed E-state index contributed by atoms with van der Waals surface area (Å²) in [4.78, 5) is 35.3. The summed E-state index contributed by atoms with van der Waals surface area (Å²) in [5.74, 6) is 0.812. The Hall–Kier alpha value is -2.05. The van der Waals surface area contributed by atoms with Gasteiger partial charge in [0.2, 0.25) is 5.95 Å². The van der Waals surface area contributed by atoms with Gasteiger partial charge in [0.15, 0.2) is 0 Å². The van der Waals surface area contributed by atoms with Crippen molar-refractivity contribution in [2.75, 3.05) is 31.1 Å². The van der Waals surface area contributed by atoms with Crippen molar-refractivity contribution < 1.29 is 4.79 Å². The summed E-state index contributed by atoms with van der Waals surface area (Å²) >= 11 is 0. The van der Waals surface area contributed by atoms with E-state index in [1.807, 2.05) is 23.6 Å². The van der Waals surface area contributed by atoms with Gasteiger partial charge in [-0.2, -0.15) is 0 Å². The topological polar surface area (TPSA) is 81.3 Å². The molecule has 1 aromatic heterocycles. The standard InChI is InChI=1S/C17H27N5O2/c1-11(2)13-7-14(23)20-15(19-13)21-6-5-12(8-21)18-16(24)22-9-17(3,4)10-22/h7,11-12H,5-6,8-10H2,1-4H3,(H,18,24)(H,19,20,23). The van der Waals surface area contributed by atoms with E-state index >= 15 is 0 Å². The van der Waals surface area contributed by atoms with Crippen LogP contribution in [-0.4, -0.2) is 53.1 Å². The molecule has 0 spiro atoms. The van der Waals surface area contributed by atoms with Crippen molar-refractivity contribution >= 4 is 12.0 Å². The number of nitrogens with one attached hydrogen (secondary N) is 2. The zero-order valence-electron chi connectivity index (χ0n) is 14.9. The zero-order valence-corrected chi connectivity index (χ0v) is 14.9. The number of aromatic nitrogens is 2. The predicted molar refractivity (Wildman–Crippen MR) is 93.5 cm³/mol. The fourth-order valence-corrected chi connectivity index (χ4v) is 3.38. The SMILES string of the molecule is CC(C)c1cc(=O)[nH]c(N2CCC(NC(=O)N3CC(C)(C)C3)C2)n1. The fraction of sp³-hybridized carbons (Fsp3) is 0.706. The van der Waals surface area contributed by atoms with Crippen LogP contribution >= 0.6 is 0 Å². The molecule has 3 rings (SSSR count). The summed E-state index contributed by atoms with van der Waals surface area (Å²) in [7, 11) is 0. The van der Waals surface area contributed by atoms with Gasteiger partial charge in [0.25, 0.3) is 5.56 Å². The highest BCUT2D eigenvalue weighted by Crippen LogP contribution is 2.28. The first-order valence-corrected chi connectivity index (χ1v) is 8.65. The number of carbonyl (C=O) groups excluding carboxylic acids is 1. The van der Waals surface area contributed by atoms with E-state index in [0.717, 1.165) is 31.7 Å². The Morgan fingerprint density at radius 3 is 2.75 bits per heavy atom. The molecule has 0 aliphatic carbocycles. The van der Waals surface area contributed by atoms with E-state index in [9.17, 15) is 9.59 Å². The average Bonchev–Trinajstić information content (AvgIpc) is 2.92. The lowest BCUT2D eigenvalue weighted by molar-refractivity contribution is 0.0606. The molecule has 2 aliphatic heterocycles. The smallest absolute Gasteiger partial charge is 0.317 e. The number of hydrogen-bond donors (Lipinski definition) is 2. The number of H-pyrrole nitrogens is 1. The quantitative estimate of drug-likeness (QED) is 0.879. The molecule has 1 unspecified atom stereocenters. The van der Waals surface area contributed by atoms with Crippen molar-refractivity contribution in [1.29, 1.82) is 0 Å². The summed E-state index contributed by atoms with van der Waals surface area (Å²) in [5, 5.41) is 3.10. The highest BCUT2D eigenvalue weighted by Gasteiger charge is 2.38. The summed E-state index contributed by atoms with van der Waals surface area (Å²) < 4.78 is 0. The van der Waals surface area contributed by atoms with E-state index in [1.54, 1.807) is 6.07 Å². The zero-order chi connectivity index (χ0) is 17.5. The minimum absolute atomic E-state index is 0.0126. The highest BCUT2D eigenvalue weighted by atomic mass is 16.2. The lowest BCUT2D eigenvalue weighted by Gasteiger charge is -2.45. The van der Waals surface area contributed by atoms with Gasteiger partial charge >= 0.3 is 6.03 Å². The Bertz CT molecular complexity index is 674. The van der Waals surface area contributed by atoms with Gasteiger partial charge in [0.05, 0.1) is 5.69 Å². The molecule has 7 heteroatoms. The fourth-order valence-electron chi connectivity index (χ4n) is 3.38. The molecule has 0 radical (unpaired) electrons. The van der Waals surface area contributed by atoms with Crippen LogP contribution in [-0.2, 0) is 0 Å².